The molecule has 0 saturated carbocycles. The predicted octanol–water partition coefficient (Wildman–Crippen LogP) is 3.31. The third-order valence-corrected chi connectivity index (χ3v) is 6.13. The fraction of sp³-hybridized carbons (Fsp3) is 0.167. The van der Waals surface area contributed by atoms with Gasteiger partial charge in [0.25, 0.3) is 15.9 Å². The van der Waals surface area contributed by atoms with Crippen LogP contribution in [0.4, 0.5) is 11.4 Å². The van der Waals surface area contributed by atoms with E-state index in [2.05, 4.69) is 10.0 Å². The van der Waals surface area contributed by atoms with Gasteiger partial charge < -0.3 is 24.3 Å². The minimum Gasteiger partial charge on any atom is -0.493 e. The first-order valence-electron chi connectivity index (χ1n) is 10.2. The maximum absolute atomic E-state index is 12.5. The van der Waals surface area contributed by atoms with Crippen molar-refractivity contribution in [2.45, 2.75) is 4.90 Å². The molecule has 11 heteroatoms. The highest BCUT2D eigenvalue weighted by Gasteiger charge is 2.19. The molecule has 3 rings (SSSR count). The predicted molar refractivity (Wildman–Crippen MR) is 129 cm³/mol. The molecule has 0 fully saturated rings. The quantitative estimate of drug-likeness (QED) is 0.406. The summed E-state index contributed by atoms with van der Waals surface area (Å²) in [5, 5.41) is 2.58. The topological polar surface area (TPSA) is 129 Å². The number of ether oxygens (including phenoxy) is 4. The third-order valence-electron chi connectivity index (χ3n) is 4.73. The lowest BCUT2D eigenvalue weighted by molar-refractivity contribution is -0.118. The Kier molecular flexibility index (Phi) is 8.16. The van der Waals surface area contributed by atoms with Gasteiger partial charge in [-0.25, -0.2) is 13.2 Å². The van der Waals surface area contributed by atoms with Crippen LogP contribution in [0.25, 0.3) is 0 Å². The Morgan fingerprint density at radius 2 is 1.49 bits per heavy atom. The number of anilines is 2. The number of hydrogen-bond acceptors (Lipinski definition) is 8. The van der Waals surface area contributed by atoms with Crippen LogP contribution < -0.4 is 24.2 Å². The Bertz CT molecular complexity index is 1290. The van der Waals surface area contributed by atoms with E-state index in [4.69, 9.17) is 18.9 Å². The summed E-state index contributed by atoms with van der Waals surface area (Å²) in [4.78, 5) is 24.6. The molecule has 2 N–H and O–H groups in total. The smallest absolute Gasteiger partial charge is 0.340 e. The average Bonchev–Trinajstić information content (AvgIpc) is 2.87. The fourth-order valence-corrected chi connectivity index (χ4v) is 4.09. The maximum atomic E-state index is 12.5. The van der Waals surface area contributed by atoms with Crippen molar-refractivity contribution >= 4 is 33.3 Å². The largest absolute Gasteiger partial charge is 0.493 e. The van der Waals surface area contributed by atoms with Crippen LogP contribution in [-0.4, -0.2) is 48.2 Å². The standard InChI is InChI=1S/C24H24N2O8S/c1-31-21-13-19(24(28)33-3)20(14-22(21)32-2)25-23(27)15-34-17-9-11-18(12-10-17)35(29,30)26-16-7-5-4-6-8-16/h4-14,26H,15H2,1-3H3,(H,25,27). The van der Waals surface area contributed by atoms with Gasteiger partial charge in [0.15, 0.2) is 18.1 Å². The molecule has 3 aromatic carbocycles. The monoisotopic (exact) mass is 500 g/mol. The SMILES string of the molecule is COC(=O)c1cc(OC)c(OC)cc1NC(=O)COc1ccc(S(=O)(=O)Nc2ccccc2)cc1. The number of sulfonamides is 1. The van der Waals surface area contributed by atoms with E-state index in [9.17, 15) is 18.0 Å². The van der Waals surface area contributed by atoms with Crippen LogP contribution >= 0.6 is 0 Å². The van der Waals surface area contributed by atoms with E-state index in [1.54, 1.807) is 30.3 Å². The summed E-state index contributed by atoms with van der Waals surface area (Å²) in [6, 6.07) is 16.9. The number of carbonyl (C=O) groups is 2. The molecule has 1 amide bonds. The zero-order valence-corrected chi connectivity index (χ0v) is 20.0. The van der Waals surface area contributed by atoms with Crippen molar-refractivity contribution in [2.75, 3.05) is 38.0 Å². The van der Waals surface area contributed by atoms with Gasteiger partial charge in [-0.1, -0.05) is 18.2 Å². The molecular weight excluding hydrogens is 476 g/mol. The van der Waals surface area contributed by atoms with Gasteiger partial charge in [-0.05, 0) is 36.4 Å². The summed E-state index contributed by atoms with van der Waals surface area (Å²) in [6.45, 7) is -0.399. The van der Waals surface area contributed by atoms with Crippen molar-refractivity contribution in [3.8, 4) is 17.2 Å². The second kappa shape index (κ2) is 11.3. The molecule has 10 nitrogen and oxygen atoms in total. The fourth-order valence-electron chi connectivity index (χ4n) is 3.03. The van der Waals surface area contributed by atoms with Crippen LogP contribution in [0.3, 0.4) is 0 Å². The van der Waals surface area contributed by atoms with Gasteiger partial charge in [0, 0.05) is 17.8 Å². The highest BCUT2D eigenvalue weighted by atomic mass is 32.2. The Morgan fingerprint density at radius 1 is 0.857 bits per heavy atom. The van der Waals surface area contributed by atoms with E-state index in [0.717, 1.165) is 0 Å². The molecule has 0 heterocycles. The number of amides is 1. The molecule has 184 valence electrons. The molecule has 35 heavy (non-hydrogen) atoms. The minimum atomic E-state index is -3.78. The number of para-hydroxylation sites is 1. The van der Waals surface area contributed by atoms with Crippen molar-refractivity contribution < 1.29 is 37.0 Å². The number of hydrogen-bond donors (Lipinski definition) is 2. The lowest BCUT2D eigenvalue weighted by Gasteiger charge is -2.15. The van der Waals surface area contributed by atoms with Crippen LogP contribution in [0.5, 0.6) is 17.2 Å². The summed E-state index contributed by atoms with van der Waals surface area (Å²) >= 11 is 0. The Hall–Kier alpha value is -4.25. The zero-order chi connectivity index (χ0) is 25.4. The molecule has 0 saturated heterocycles. The van der Waals surface area contributed by atoms with E-state index < -0.39 is 28.5 Å². The van der Waals surface area contributed by atoms with E-state index >= 15 is 0 Å². The number of carbonyl (C=O) groups excluding carboxylic acids is 2. The van der Waals surface area contributed by atoms with Crippen LogP contribution in [0, 0.1) is 0 Å². The van der Waals surface area contributed by atoms with Crippen LogP contribution in [0.15, 0.2) is 71.6 Å². The lowest BCUT2D eigenvalue weighted by atomic mass is 10.1. The first-order valence-corrected chi connectivity index (χ1v) is 11.7. The van der Waals surface area contributed by atoms with Gasteiger partial charge in [-0.3, -0.25) is 9.52 Å². The highest BCUT2D eigenvalue weighted by Crippen LogP contribution is 2.33. The van der Waals surface area contributed by atoms with E-state index in [1.165, 1.54) is 57.7 Å². The van der Waals surface area contributed by atoms with Crippen LogP contribution in [0.1, 0.15) is 10.4 Å². The first kappa shape index (κ1) is 25.4. The van der Waals surface area contributed by atoms with E-state index in [-0.39, 0.29) is 21.9 Å². The Labute approximate surface area is 202 Å². The molecule has 0 aliphatic rings. The van der Waals surface area contributed by atoms with Gasteiger partial charge in [-0.2, -0.15) is 0 Å². The molecule has 0 aliphatic heterocycles. The van der Waals surface area contributed by atoms with Gasteiger partial charge in [0.2, 0.25) is 0 Å². The van der Waals surface area contributed by atoms with Crippen molar-refractivity contribution in [1.82, 2.24) is 0 Å². The normalized spacial score (nSPS) is 10.7. The second-order valence-corrected chi connectivity index (χ2v) is 8.71. The molecule has 0 radical (unpaired) electrons. The molecule has 3 aromatic rings. The number of methoxy groups -OCH3 is 3. The summed E-state index contributed by atoms with van der Waals surface area (Å²) in [5.41, 5.74) is 0.654. The van der Waals surface area contributed by atoms with Crippen LogP contribution in [-0.2, 0) is 19.6 Å². The van der Waals surface area contributed by atoms with E-state index in [0.29, 0.717) is 17.2 Å². The van der Waals surface area contributed by atoms with Crippen LogP contribution in [0.2, 0.25) is 0 Å². The zero-order valence-electron chi connectivity index (χ0n) is 19.2. The molecule has 0 unspecified atom stereocenters. The molecule has 0 aromatic heterocycles. The van der Waals surface area contributed by atoms with Gasteiger partial charge in [-0.15, -0.1) is 0 Å². The van der Waals surface area contributed by atoms with Crippen molar-refractivity contribution in [3.63, 3.8) is 0 Å². The number of rotatable bonds is 10. The highest BCUT2D eigenvalue weighted by molar-refractivity contribution is 7.92. The Morgan fingerprint density at radius 3 is 2.09 bits per heavy atom. The van der Waals surface area contributed by atoms with Crippen molar-refractivity contribution in [1.29, 1.82) is 0 Å². The molecule has 0 atom stereocenters. The second-order valence-electron chi connectivity index (χ2n) is 7.02. The van der Waals surface area contributed by atoms with Gasteiger partial charge in [0.1, 0.15) is 5.75 Å². The summed E-state index contributed by atoms with van der Waals surface area (Å²) < 4.78 is 48.1. The van der Waals surface area contributed by atoms with Crippen molar-refractivity contribution in [3.05, 3.63) is 72.3 Å². The van der Waals surface area contributed by atoms with Gasteiger partial charge >= 0.3 is 5.97 Å². The molecule has 0 bridgehead atoms. The van der Waals surface area contributed by atoms with Gasteiger partial charge in [0.05, 0.1) is 37.5 Å². The number of benzene rings is 3. The maximum Gasteiger partial charge on any atom is 0.340 e. The summed E-state index contributed by atoms with van der Waals surface area (Å²) in [5.74, 6) is -0.372. The molecular formula is C24H24N2O8S. The lowest BCUT2D eigenvalue weighted by Crippen LogP contribution is -2.22. The third kappa shape index (κ3) is 6.42. The number of esters is 1. The molecule has 0 spiro atoms. The van der Waals surface area contributed by atoms with E-state index in [1.807, 2.05) is 0 Å². The Balaban J connectivity index is 1.66. The summed E-state index contributed by atoms with van der Waals surface area (Å²) in [6.07, 6.45) is 0. The van der Waals surface area contributed by atoms with Crippen molar-refractivity contribution in [2.24, 2.45) is 0 Å². The first-order chi connectivity index (χ1) is 16.8. The molecule has 0 aliphatic carbocycles. The number of nitrogens with one attached hydrogen (secondary N) is 2. The minimum absolute atomic E-state index is 0.0335. The summed E-state index contributed by atoms with van der Waals surface area (Å²) in [7, 11) is 0.271. The average molecular weight is 501 g/mol.